The first-order valence-electron chi connectivity index (χ1n) is 4.08. The molecule has 0 heterocycles. The fraction of sp³-hybridized carbons (Fsp3) is 0.667. The summed E-state index contributed by atoms with van der Waals surface area (Å²) in [5, 5.41) is 0. The molecule has 0 fully saturated rings. The van der Waals surface area contributed by atoms with Crippen molar-refractivity contribution in [2.45, 2.75) is 39.0 Å². The molecule has 0 rings (SSSR count). The Morgan fingerprint density at radius 3 is 2.73 bits per heavy atom. The van der Waals surface area contributed by atoms with Crippen LogP contribution in [0, 0.1) is 0 Å². The lowest BCUT2D eigenvalue weighted by Crippen LogP contribution is -1.94. The molecule has 0 unspecified atom stereocenters. The molecule has 11 heavy (non-hydrogen) atoms. The first-order valence-corrected chi connectivity index (χ1v) is 4.99. The zero-order chi connectivity index (χ0) is 8.53. The molecule has 0 aromatic carbocycles. The number of allylic oxidation sites excluding steroid dienone is 1. The van der Waals surface area contributed by atoms with E-state index in [1.807, 2.05) is 6.08 Å². The quantitative estimate of drug-likeness (QED) is 0.625. The summed E-state index contributed by atoms with van der Waals surface area (Å²) in [6, 6.07) is 0. The molecule has 0 aromatic heterocycles. The summed E-state index contributed by atoms with van der Waals surface area (Å²) in [6.45, 7) is 2.14. The van der Waals surface area contributed by atoms with Gasteiger partial charge in [-0.1, -0.05) is 41.8 Å². The summed E-state index contributed by atoms with van der Waals surface area (Å²) in [6.07, 6.45) is 6.56. The van der Waals surface area contributed by atoms with Crippen LogP contribution in [0.15, 0.2) is 11.1 Å². The molecule has 0 aliphatic carbocycles. The predicted octanol–water partition coefficient (Wildman–Crippen LogP) is 3.43. The highest BCUT2D eigenvalue weighted by Gasteiger charge is 1.96. The first kappa shape index (κ1) is 10.9. The van der Waals surface area contributed by atoms with Crippen molar-refractivity contribution in [1.82, 2.24) is 0 Å². The standard InChI is InChI=1S/C9H15BrO/c1-2-3-4-6-9(11)7-5-8-10/h5,8H,2-4,6-7H2,1H3. The van der Waals surface area contributed by atoms with E-state index in [1.54, 1.807) is 4.99 Å². The van der Waals surface area contributed by atoms with E-state index in [0.29, 0.717) is 12.2 Å². The van der Waals surface area contributed by atoms with Crippen molar-refractivity contribution in [2.75, 3.05) is 0 Å². The lowest BCUT2D eigenvalue weighted by Gasteiger charge is -1.94. The van der Waals surface area contributed by atoms with Crippen molar-refractivity contribution in [2.24, 2.45) is 0 Å². The Morgan fingerprint density at radius 1 is 1.45 bits per heavy atom. The number of rotatable bonds is 6. The number of halogens is 1. The summed E-state index contributed by atoms with van der Waals surface area (Å²) in [7, 11) is 0. The molecular weight excluding hydrogens is 204 g/mol. The average Bonchev–Trinajstić information content (AvgIpc) is 2.01. The highest BCUT2D eigenvalue weighted by Crippen LogP contribution is 2.02. The molecule has 1 nitrogen and oxygen atoms in total. The van der Waals surface area contributed by atoms with E-state index >= 15 is 0 Å². The minimum absolute atomic E-state index is 0.342. The van der Waals surface area contributed by atoms with Crippen LogP contribution in [0.1, 0.15) is 39.0 Å². The molecule has 0 aliphatic heterocycles. The third kappa shape index (κ3) is 7.79. The van der Waals surface area contributed by atoms with Crippen molar-refractivity contribution in [3.8, 4) is 0 Å². The van der Waals surface area contributed by atoms with E-state index in [-0.39, 0.29) is 0 Å². The maximum Gasteiger partial charge on any atom is 0.136 e. The van der Waals surface area contributed by atoms with Gasteiger partial charge in [0, 0.05) is 12.8 Å². The zero-order valence-electron chi connectivity index (χ0n) is 6.98. The highest BCUT2D eigenvalue weighted by molar-refractivity contribution is 9.11. The molecule has 0 saturated carbocycles. The summed E-state index contributed by atoms with van der Waals surface area (Å²) >= 11 is 3.13. The second-order valence-electron chi connectivity index (χ2n) is 2.56. The lowest BCUT2D eigenvalue weighted by atomic mass is 10.1. The Bertz CT molecular complexity index is 130. The van der Waals surface area contributed by atoms with Crippen LogP contribution in [0.5, 0.6) is 0 Å². The van der Waals surface area contributed by atoms with E-state index in [9.17, 15) is 4.79 Å². The molecule has 0 N–H and O–H groups in total. The van der Waals surface area contributed by atoms with Gasteiger partial charge in [-0.25, -0.2) is 0 Å². The lowest BCUT2D eigenvalue weighted by molar-refractivity contribution is -0.118. The summed E-state index contributed by atoms with van der Waals surface area (Å²) in [5.74, 6) is 0.342. The molecule has 0 saturated heterocycles. The minimum Gasteiger partial charge on any atom is -0.299 e. The van der Waals surface area contributed by atoms with E-state index in [0.717, 1.165) is 12.8 Å². The van der Waals surface area contributed by atoms with Crippen molar-refractivity contribution >= 4 is 21.7 Å². The van der Waals surface area contributed by atoms with Crippen molar-refractivity contribution < 1.29 is 4.79 Å². The van der Waals surface area contributed by atoms with Crippen LogP contribution in [-0.2, 0) is 4.79 Å². The molecule has 0 atom stereocenters. The molecule has 64 valence electrons. The number of carbonyl (C=O) groups excluding carboxylic acids is 1. The van der Waals surface area contributed by atoms with Crippen LogP contribution < -0.4 is 0 Å². The van der Waals surface area contributed by atoms with Crippen LogP contribution >= 0.6 is 15.9 Å². The summed E-state index contributed by atoms with van der Waals surface area (Å²) in [5.41, 5.74) is 0. The normalized spacial score (nSPS) is 10.7. The van der Waals surface area contributed by atoms with Crippen LogP contribution in [0.25, 0.3) is 0 Å². The third-order valence-corrected chi connectivity index (χ3v) is 1.87. The predicted molar refractivity (Wildman–Crippen MR) is 51.8 cm³/mol. The maximum atomic E-state index is 11.0. The van der Waals surface area contributed by atoms with Gasteiger partial charge < -0.3 is 0 Å². The van der Waals surface area contributed by atoms with E-state index in [4.69, 9.17) is 0 Å². The van der Waals surface area contributed by atoms with Gasteiger partial charge in [-0.2, -0.15) is 0 Å². The molecule has 0 aliphatic rings. The summed E-state index contributed by atoms with van der Waals surface area (Å²) < 4.78 is 0. The Balaban J connectivity index is 3.23. The Hall–Kier alpha value is -0.110. The third-order valence-electron chi connectivity index (χ3n) is 1.49. The van der Waals surface area contributed by atoms with Crippen molar-refractivity contribution in [3.63, 3.8) is 0 Å². The monoisotopic (exact) mass is 218 g/mol. The van der Waals surface area contributed by atoms with E-state index < -0.39 is 0 Å². The second-order valence-corrected chi connectivity index (χ2v) is 3.09. The number of hydrogen-bond acceptors (Lipinski definition) is 1. The van der Waals surface area contributed by atoms with Gasteiger partial charge in [-0.15, -0.1) is 0 Å². The minimum atomic E-state index is 0.342. The van der Waals surface area contributed by atoms with E-state index in [2.05, 4.69) is 22.9 Å². The molecule has 0 bridgehead atoms. The Labute approximate surface area is 77.0 Å². The highest BCUT2D eigenvalue weighted by atomic mass is 79.9. The van der Waals surface area contributed by atoms with Crippen LogP contribution in [0.3, 0.4) is 0 Å². The number of hydrogen-bond donors (Lipinski definition) is 0. The van der Waals surface area contributed by atoms with Gasteiger partial charge in [0.25, 0.3) is 0 Å². The fourth-order valence-electron chi connectivity index (χ4n) is 0.850. The van der Waals surface area contributed by atoms with Gasteiger partial charge in [0.15, 0.2) is 0 Å². The molecule has 0 spiro atoms. The number of unbranched alkanes of at least 4 members (excludes halogenated alkanes) is 2. The molecule has 0 radical (unpaired) electrons. The van der Waals surface area contributed by atoms with Gasteiger partial charge in [-0.05, 0) is 11.4 Å². The number of carbonyl (C=O) groups is 1. The van der Waals surface area contributed by atoms with Crippen molar-refractivity contribution in [1.29, 1.82) is 0 Å². The van der Waals surface area contributed by atoms with Gasteiger partial charge in [0.05, 0.1) is 0 Å². The molecule has 0 aromatic rings. The second kappa shape index (κ2) is 7.99. The van der Waals surface area contributed by atoms with Gasteiger partial charge >= 0.3 is 0 Å². The smallest absolute Gasteiger partial charge is 0.136 e. The maximum absolute atomic E-state index is 11.0. The molecule has 2 heteroatoms. The van der Waals surface area contributed by atoms with Crippen LogP contribution in [0.4, 0.5) is 0 Å². The number of Topliss-reactive ketones (excluding diaryl/α,β-unsaturated/α-hetero) is 1. The van der Waals surface area contributed by atoms with Gasteiger partial charge in [-0.3, -0.25) is 4.79 Å². The average molecular weight is 219 g/mol. The number of ketones is 1. The topological polar surface area (TPSA) is 17.1 Å². The molecular formula is C9H15BrO. The fourth-order valence-corrected chi connectivity index (χ4v) is 1.04. The molecule has 0 amide bonds. The largest absolute Gasteiger partial charge is 0.299 e. The van der Waals surface area contributed by atoms with Crippen molar-refractivity contribution in [3.05, 3.63) is 11.1 Å². The van der Waals surface area contributed by atoms with Gasteiger partial charge in [0.1, 0.15) is 5.78 Å². The Morgan fingerprint density at radius 2 is 2.18 bits per heavy atom. The van der Waals surface area contributed by atoms with Crippen LogP contribution in [0.2, 0.25) is 0 Å². The Kier molecular flexibility index (Phi) is 7.91. The van der Waals surface area contributed by atoms with Gasteiger partial charge in [0.2, 0.25) is 0 Å². The first-order chi connectivity index (χ1) is 5.31. The summed E-state index contributed by atoms with van der Waals surface area (Å²) in [4.78, 5) is 12.7. The SMILES string of the molecule is CCCCCC(=O)CC=CBr. The van der Waals surface area contributed by atoms with E-state index in [1.165, 1.54) is 12.8 Å². The zero-order valence-corrected chi connectivity index (χ0v) is 8.56. The van der Waals surface area contributed by atoms with Crippen LogP contribution in [-0.4, -0.2) is 5.78 Å².